The van der Waals surface area contributed by atoms with Gasteiger partial charge < -0.3 is 0 Å². The van der Waals surface area contributed by atoms with Gasteiger partial charge in [-0.15, -0.1) is 0 Å². The van der Waals surface area contributed by atoms with Crippen molar-refractivity contribution in [3.63, 3.8) is 0 Å². The Morgan fingerprint density at radius 3 is 2.25 bits per heavy atom. The molecular formula is C25H16BrN3O6S. The molecule has 1 heterocycles. The highest BCUT2D eigenvalue weighted by molar-refractivity contribution is 9.10. The molecule has 11 heteroatoms. The molecule has 0 saturated heterocycles. The Kier molecular flexibility index (Phi) is 5.61. The highest BCUT2D eigenvalue weighted by atomic mass is 79.9. The van der Waals surface area contributed by atoms with Crippen LogP contribution < -0.4 is 9.62 Å². The third kappa shape index (κ3) is 3.82. The van der Waals surface area contributed by atoms with Crippen molar-refractivity contribution in [2.24, 2.45) is 0 Å². The van der Waals surface area contributed by atoms with E-state index in [1.165, 1.54) is 30.3 Å². The number of amides is 2. The van der Waals surface area contributed by atoms with Crippen molar-refractivity contribution in [3.05, 3.63) is 104 Å². The maximum Gasteiger partial charge on any atom is 0.284 e. The number of benzene rings is 4. The third-order valence-corrected chi connectivity index (χ3v) is 8.05. The third-order valence-electron chi connectivity index (χ3n) is 5.82. The molecule has 0 bridgehead atoms. The minimum absolute atomic E-state index is 0.00733. The molecule has 9 nitrogen and oxygen atoms in total. The first-order valence-corrected chi connectivity index (χ1v) is 12.8. The van der Waals surface area contributed by atoms with Crippen LogP contribution in [-0.4, -0.2) is 25.2 Å². The zero-order chi connectivity index (χ0) is 25.8. The molecule has 4 aromatic rings. The van der Waals surface area contributed by atoms with Crippen LogP contribution in [0, 0.1) is 17.0 Å². The number of hydrogen-bond donors (Lipinski definition) is 1. The fourth-order valence-electron chi connectivity index (χ4n) is 4.18. The van der Waals surface area contributed by atoms with E-state index in [9.17, 15) is 28.1 Å². The molecule has 1 aliphatic heterocycles. The monoisotopic (exact) mass is 565 g/mol. The second-order valence-corrected chi connectivity index (χ2v) is 10.6. The molecule has 0 fully saturated rings. The van der Waals surface area contributed by atoms with E-state index in [2.05, 4.69) is 20.7 Å². The standard InChI is InChI=1S/C25H16BrN3O6S/c1-14-4-2-5-15(12-14)27-36(34,35)17-10-8-16(9-11-17)28-24(30)19-7-3-6-18-22(19)20(25(28)31)13-21(23(18)26)29(32)33/h2-13,27H,1H3. The highest BCUT2D eigenvalue weighted by Crippen LogP contribution is 2.41. The van der Waals surface area contributed by atoms with E-state index < -0.39 is 26.8 Å². The Balaban J connectivity index is 1.54. The summed E-state index contributed by atoms with van der Waals surface area (Å²) < 4.78 is 28.3. The maximum absolute atomic E-state index is 13.4. The molecule has 1 N–H and O–H groups in total. The molecule has 2 amide bonds. The van der Waals surface area contributed by atoms with E-state index in [0.717, 1.165) is 16.5 Å². The van der Waals surface area contributed by atoms with Gasteiger partial charge in [-0.1, -0.05) is 24.3 Å². The van der Waals surface area contributed by atoms with Crippen LogP contribution in [0.4, 0.5) is 17.1 Å². The van der Waals surface area contributed by atoms with Gasteiger partial charge in [-0.2, -0.15) is 0 Å². The van der Waals surface area contributed by atoms with E-state index in [0.29, 0.717) is 16.5 Å². The number of halogens is 1. The molecule has 5 rings (SSSR count). The molecule has 0 spiro atoms. The van der Waals surface area contributed by atoms with Gasteiger partial charge in [0.25, 0.3) is 27.5 Å². The molecule has 1 aliphatic rings. The first kappa shape index (κ1) is 23.6. The van der Waals surface area contributed by atoms with Crippen LogP contribution in [0.2, 0.25) is 0 Å². The number of carbonyl (C=O) groups is 2. The molecule has 4 aromatic carbocycles. The lowest BCUT2D eigenvalue weighted by atomic mass is 9.93. The molecule has 0 unspecified atom stereocenters. The number of hydrogen-bond acceptors (Lipinski definition) is 6. The van der Waals surface area contributed by atoms with Gasteiger partial charge in [0.05, 0.1) is 21.1 Å². The van der Waals surface area contributed by atoms with E-state index in [1.54, 1.807) is 30.3 Å². The van der Waals surface area contributed by atoms with Crippen LogP contribution in [0.5, 0.6) is 0 Å². The predicted molar refractivity (Wildman–Crippen MR) is 138 cm³/mol. The lowest BCUT2D eigenvalue weighted by Gasteiger charge is -2.27. The Morgan fingerprint density at radius 1 is 0.917 bits per heavy atom. The molecule has 0 aromatic heterocycles. The SMILES string of the molecule is Cc1cccc(NS(=O)(=O)c2ccc(N3C(=O)c4cccc5c(Br)c([N+](=O)[O-])cc(c45)C3=O)cc2)c1. The Hall–Kier alpha value is -4.09. The summed E-state index contributed by atoms with van der Waals surface area (Å²) in [7, 11) is -3.92. The van der Waals surface area contributed by atoms with Crippen LogP contribution in [0.1, 0.15) is 26.3 Å². The van der Waals surface area contributed by atoms with Gasteiger partial charge in [0, 0.05) is 28.1 Å². The number of carbonyl (C=O) groups excluding carboxylic acids is 2. The van der Waals surface area contributed by atoms with Crippen molar-refractivity contribution in [2.45, 2.75) is 11.8 Å². The number of imide groups is 1. The Labute approximate surface area is 213 Å². The fourth-order valence-corrected chi connectivity index (χ4v) is 5.82. The fraction of sp³-hybridized carbons (Fsp3) is 0.0400. The zero-order valence-corrected chi connectivity index (χ0v) is 21.0. The first-order valence-electron chi connectivity index (χ1n) is 10.6. The lowest BCUT2D eigenvalue weighted by molar-refractivity contribution is -0.385. The molecule has 0 saturated carbocycles. The van der Waals surface area contributed by atoms with Crippen LogP contribution >= 0.6 is 15.9 Å². The van der Waals surface area contributed by atoms with Gasteiger partial charge in [-0.3, -0.25) is 24.4 Å². The number of nitro benzene ring substituents is 1. The Morgan fingerprint density at radius 2 is 1.58 bits per heavy atom. The van der Waals surface area contributed by atoms with Crippen molar-refractivity contribution in [1.82, 2.24) is 0 Å². The summed E-state index contributed by atoms with van der Waals surface area (Å²) in [5, 5.41) is 12.3. The van der Waals surface area contributed by atoms with Crippen molar-refractivity contribution in [3.8, 4) is 0 Å². The van der Waals surface area contributed by atoms with Gasteiger partial charge in [0.15, 0.2) is 0 Å². The van der Waals surface area contributed by atoms with E-state index >= 15 is 0 Å². The summed E-state index contributed by atoms with van der Waals surface area (Å²) >= 11 is 3.22. The number of aryl methyl sites for hydroxylation is 1. The molecule has 36 heavy (non-hydrogen) atoms. The second-order valence-electron chi connectivity index (χ2n) is 8.16. The molecule has 0 atom stereocenters. The average molecular weight is 566 g/mol. The number of nitro groups is 1. The number of nitrogens with zero attached hydrogens (tertiary/aromatic N) is 2. The van der Waals surface area contributed by atoms with Crippen molar-refractivity contribution < 1.29 is 22.9 Å². The van der Waals surface area contributed by atoms with E-state index in [-0.39, 0.29) is 31.9 Å². The molecule has 0 radical (unpaired) electrons. The maximum atomic E-state index is 13.4. The van der Waals surface area contributed by atoms with E-state index in [4.69, 9.17) is 0 Å². The number of anilines is 2. The Bertz CT molecular complexity index is 1720. The quantitative estimate of drug-likeness (QED) is 0.195. The summed E-state index contributed by atoms with van der Waals surface area (Å²) in [6.45, 7) is 1.84. The van der Waals surface area contributed by atoms with Gasteiger partial charge in [0.1, 0.15) is 4.47 Å². The lowest BCUT2D eigenvalue weighted by Crippen LogP contribution is -2.40. The largest absolute Gasteiger partial charge is 0.284 e. The number of rotatable bonds is 5. The van der Waals surface area contributed by atoms with Crippen molar-refractivity contribution in [2.75, 3.05) is 9.62 Å². The van der Waals surface area contributed by atoms with Crippen LogP contribution in [-0.2, 0) is 10.0 Å². The minimum Gasteiger partial charge on any atom is -0.280 e. The summed E-state index contributed by atoms with van der Waals surface area (Å²) in [5.41, 5.74) is 1.32. The molecular weight excluding hydrogens is 550 g/mol. The normalized spacial score (nSPS) is 13.2. The van der Waals surface area contributed by atoms with Crippen LogP contribution in [0.25, 0.3) is 10.8 Å². The van der Waals surface area contributed by atoms with Crippen LogP contribution in [0.15, 0.2) is 82.2 Å². The molecule has 180 valence electrons. The van der Waals surface area contributed by atoms with Gasteiger partial charge in [-0.25, -0.2) is 13.3 Å². The minimum atomic E-state index is -3.92. The summed E-state index contributed by atoms with van der Waals surface area (Å²) in [6, 6.07) is 18.0. The van der Waals surface area contributed by atoms with E-state index in [1.807, 2.05) is 13.0 Å². The summed E-state index contributed by atoms with van der Waals surface area (Å²) in [4.78, 5) is 38.5. The second kappa shape index (κ2) is 8.54. The van der Waals surface area contributed by atoms with Crippen molar-refractivity contribution >= 4 is 65.6 Å². The average Bonchev–Trinajstić information content (AvgIpc) is 2.83. The van der Waals surface area contributed by atoms with Gasteiger partial charge >= 0.3 is 0 Å². The summed E-state index contributed by atoms with van der Waals surface area (Å²) in [5.74, 6) is -1.36. The first-order chi connectivity index (χ1) is 17.1. The number of sulfonamides is 1. The summed E-state index contributed by atoms with van der Waals surface area (Å²) in [6.07, 6.45) is 0. The topological polar surface area (TPSA) is 127 Å². The highest BCUT2D eigenvalue weighted by Gasteiger charge is 2.36. The van der Waals surface area contributed by atoms with Gasteiger partial charge in [0.2, 0.25) is 0 Å². The van der Waals surface area contributed by atoms with Crippen LogP contribution in [0.3, 0.4) is 0 Å². The van der Waals surface area contributed by atoms with Crippen molar-refractivity contribution in [1.29, 1.82) is 0 Å². The predicted octanol–water partition coefficient (Wildman–Crippen LogP) is 5.42. The smallest absolute Gasteiger partial charge is 0.280 e. The van der Waals surface area contributed by atoms with Gasteiger partial charge in [-0.05, 0) is 70.9 Å². The number of nitrogens with one attached hydrogen (secondary N) is 1. The molecule has 0 aliphatic carbocycles. The zero-order valence-electron chi connectivity index (χ0n) is 18.6.